The number of anilines is 2. The average Bonchev–Trinajstić information content (AvgIpc) is 3.68. The smallest absolute Gasteiger partial charge is 0.297 e. The van der Waals surface area contributed by atoms with Gasteiger partial charge in [0, 0.05) is 61.1 Å². The number of aliphatic hydroxyl groups is 1. The Morgan fingerprint density at radius 2 is 1.70 bits per heavy atom. The van der Waals surface area contributed by atoms with E-state index in [1.54, 1.807) is 38.7 Å². The number of hydrogen-bond acceptors (Lipinski definition) is 11. The van der Waals surface area contributed by atoms with Crippen LogP contribution in [0.15, 0.2) is 67.0 Å². The van der Waals surface area contributed by atoms with Gasteiger partial charge in [0.2, 0.25) is 0 Å². The van der Waals surface area contributed by atoms with Crippen molar-refractivity contribution in [3.8, 4) is 28.3 Å². The molecule has 2 aliphatic rings. The standard InChI is InChI=1S/C42H45ClF2N8O4/c1-55-36-17-26(18-37(56-2)30(36)21-47-31-14-15-57-23-35(31)54)53-34-13-7-10-27(29(34)22-49-53)28-11-6-12-32(38(28)43)50-41-39-33(51-42(52-41)40(44)45)16-24(20-48-39)19-46-25-8-4-3-5-9-25/h6-7,10-13,16-18,20,22,25,31,35,40,46-47,54H,3-5,8-9,14-15,19,21,23H2,1-2H3,(H,50,51,52). The molecule has 0 radical (unpaired) electrons. The number of ether oxygens (including phenoxy) is 3. The first-order chi connectivity index (χ1) is 27.8. The maximum absolute atomic E-state index is 14.1. The number of nitrogens with zero attached hydrogens (tertiary/aromatic N) is 5. The Labute approximate surface area is 333 Å². The Balaban J connectivity index is 1.09. The van der Waals surface area contributed by atoms with E-state index in [1.165, 1.54) is 19.3 Å². The second-order valence-electron chi connectivity index (χ2n) is 14.5. The predicted molar refractivity (Wildman–Crippen MR) is 216 cm³/mol. The summed E-state index contributed by atoms with van der Waals surface area (Å²) in [6, 6.07) is 17.3. The fourth-order valence-corrected chi connectivity index (χ4v) is 8.12. The molecule has 57 heavy (non-hydrogen) atoms. The topological polar surface area (TPSA) is 140 Å². The number of pyridine rings is 1. The first-order valence-corrected chi connectivity index (χ1v) is 19.6. The monoisotopic (exact) mass is 798 g/mol. The minimum atomic E-state index is -2.88. The van der Waals surface area contributed by atoms with Crippen LogP contribution in [0, 0.1) is 0 Å². The minimum Gasteiger partial charge on any atom is -0.496 e. The van der Waals surface area contributed by atoms with Gasteiger partial charge in [-0.25, -0.2) is 23.4 Å². The summed E-state index contributed by atoms with van der Waals surface area (Å²) >= 11 is 7.13. The van der Waals surface area contributed by atoms with Crippen LogP contribution in [0.3, 0.4) is 0 Å². The lowest BCUT2D eigenvalue weighted by atomic mass is 9.95. The van der Waals surface area contributed by atoms with Crippen molar-refractivity contribution in [1.82, 2.24) is 35.4 Å². The normalized spacial score (nSPS) is 17.7. The maximum Gasteiger partial charge on any atom is 0.297 e. The molecule has 1 saturated carbocycles. The number of nitrogens with one attached hydrogen (secondary N) is 3. The van der Waals surface area contributed by atoms with Crippen molar-refractivity contribution >= 4 is 45.0 Å². The zero-order valence-electron chi connectivity index (χ0n) is 31.8. The lowest BCUT2D eigenvalue weighted by Gasteiger charge is -2.29. The number of methoxy groups -OCH3 is 2. The molecule has 1 saturated heterocycles. The molecule has 12 nitrogen and oxygen atoms in total. The molecule has 8 rings (SSSR count). The molecule has 4 heterocycles. The Morgan fingerprint density at radius 1 is 0.930 bits per heavy atom. The molecule has 2 fully saturated rings. The van der Waals surface area contributed by atoms with E-state index in [0.717, 1.165) is 46.1 Å². The van der Waals surface area contributed by atoms with Gasteiger partial charge in [0.05, 0.1) is 66.1 Å². The van der Waals surface area contributed by atoms with Gasteiger partial charge in [-0.05, 0) is 48.6 Å². The van der Waals surface area contributed by atoms with Gasteiger partial charge < -0.3 is 35.3 Å². The summed E-state index contributed by atoms with van der Waals surface area (Å²) in [5.74, 6) is 0.755. The van der Waals surface area contributed by atoms with E-state index in [2.05, 4.69) is 30.9 Å². The van der Waals surface area contributed by atoms with Gasteiger partial charge in [-0.15, -0.1) is 0 Å². The molecular formula is C42H45ClF2N8O4. The Bertz CT molecular complexity index is 2350. The number of alkyl halides is 2. The molecular weight excluding hydrogens is 754 g/mol. The van der Waals surface area contributed by atoms with Crippen LogP contribution in [0.1, 0.15) is 61.9 Å². The lowest BCUT2D eigenvalue weighted by molar-refractivity contribution is -0.0281. The highest BCUT2D eigenvalue weighted by Crippen LogP contribution is 2.40. The van der Waals surface area contributed by atoms with E-state index in [-0.39, 0.29) is 11.9 Å². The molecule has 298 valence electrons. The highest BCUT2D eigenvalue weighted by Gasteiger charge is 2.25. The van der Waals surface area contributed by atoms with Crippen molar-refractivity contribution in [2.24, 2.45) is 0 Å². The second kappa shape index (κ2) is 17.2. The van der Waals surface area contributed by atoms with Gasteiger partial charge in [0.15, 0.2) is 11.6 Å². The van der Waals surface area contributed by atoms with Crippen LogP contribution in [0.25, 0.3) is 38.8 Å². The van der Waals surface area contributed by atoms with Crippen molar-refractivity contribution < 1.29 is 28.1 Å². The highest BCUT2D eigenvalue weighted by atomic mass is 35.5. The molecule has 4 N–H and O–H groups in total. The van der Waals surface area contributed by atoms with Gasteiger partial charge in [-0.2, -0.15) is 5.10 Å². The van der Waals surface area contributed by atoms with Gasteiger partial charge in [-0.1, -0.05) is 55.1 Å². The molecule has 15 heteroatoms. The number of halogens is 3. The van der Waals surface area contributed by atoms with Crippen LogP contribution in [0.4, 0.5) is 20.3 Å². The molecule has 1 aliphatic carbocycles. The largest absolute Gasteiger partial charge is 0.496 e. The molecule has 2 atom stereocenters. The lowest BCUT2D eigenvalue weighted by Crippen LogP contribution is -2.46. The van der Waals surface area contributed by atoms with E-state index < -0.39 is 18.4 Å². The van der Waals surface area contributed by atoms with Gasteiger partial charge in [-0.3, -0.25) is 4.98 Å². The number of benzene rings is 3. The molecule has 0 spiro atoms. The van der Waals surface area contributed by atoms with Crippen molar-refractivity contribution in [2.45, 2.75) is 76.2 Å². The Kier molecular flexibility index (Phi) is 11.8. The molecule has 0 amide bonds. The van der Waals surface area contributed by atoms with E-state index in [9.17, 15) is 13.9 Å². The number of rotatable bonds is 13. The van der Waals surface area contributed by atoms with Crippen LogP contribution in [-0.4, -0.2) is 75.5 Å². The van der Waals surface area contributed by atoms with Crippen LogP contribution < -0.4 is 25.4 Å². The highest BCUT2D eigenvalue weighted by molar-refractivity contribution is 6.36. The van der Waals surface area contributed by atoms with E-state index in [1.807, 2.05) is 47.1 Å². The first-order valence-electron chi connectivity index (χ1n) is 19.3. The molecule has 1 aliphatic heterocycles. The number of fused-ring (bicyclic) bond motifs is 2. The van der Waals surface area contributed by atoms with Gasteiger partial charge in [0.1, 0.15) is 17.0 Å². The van der Waals surface area contributed by atoms with E-state index >= 15 is 0 Å². The number of aliphatic hydroxyl groups excluding tert-OH is 1. The molecule has 3 aromatic heterocycles. The van der Waals surface area contributed by atoms with Crippen molar-refractivity contribution in [2.75, 3.05) is 32.8 Å². The van der Waals surface area contributed by atoms with Crippen molar-refractivity contribution in [3.63, 3.8) is 0 Å². The average molecular weight is 799 g/mol. The third-order valence-corrected chi connectivity index (χ3v) is 11.3. The molecule has 2 unspecified atom stereocenters. The fraction of sp³-hybridized carbons (Fsp3) is 0.381. The summed E-state index contributed by atoms with van der Waals surface area (Å²) in [6.45, 7) is 1.88. The first kappa shape index (κ1) is 38.9. The van der Waals surface area contributed by atoms with E-state index in [0.29, 0.717) is 77.6 Å². The van der Waals surface area contributed by atoms with Crippen LogP contribution in [0.5, 0.6) is 11.5 Å². The molecule has 6 aromatic rings. The van der Waals surface area contributed by atoms with Crippen molar-refractivity contribution in [1.29, 1.82) is 0 Å². The molecule has 3 aromatic carbocycles. The van der Waals surface area contributed by atoms with Crippen LogP contribution in [0.2, 0.25) is 5.02 Å². The Hall–Kier alpha value is -4.99. The zero-order valence-corrected chi connectivity index (χ0v) is 32.5. The molecule has 0 bridgehead atoms. The summed E-state index contributed by atoms with van der Waals surface area (Å²) in [6.07, 6.45) is 6.67. The Morgan fingerprint density at radius 3 is 2.46 bits per heavy atom. The van der Waals surface area contributed by atoms with Crippen molar-refractivity contribution in [3.05, 3.63) is 89.0 Å². The van der Waals surface area contributed by atoms with Crippen LogP contribution >= 0.6 is 11.6 Å². The predicted octanol–water partition coefficient (Wildman–Crippen LogP) is 8.04. The number of aromatic nitrogens is 5. The summed E-state index contributed by atoms with van der Waals surface area (Å²) in [5.41, 5.74) is 5.88. The number of hydrogen-bond donors (Lipinski definition) is 4. The van der Waals surface area contributed by atoms with Gasteiger partial charge in [0.25, 0.3) is 6.43 Å². The fourth-order valence-electron chi connectivity index (χ4n) is 7.85. The van der Waals surface area contributed by atoms with Gasteiger partial charge >= 0.3 is 0 Å². The SMILES string of the molecule is COc1cc(-n2ncc3c(-c4cccc(Nc5nc(C(F)F)nc6cc(CNC7CCCCC7)cnc56)c4Cl)cccc32)cc(OC)c1CNC1CCOCC1O. The second-order valence-corrected chi connectivity index (χ2v) is 14.9. The summed E-state index contributed by atoms with van der Waals surface area (Å²) in [4.78, 5) is 13.0. The maximum atomic E-state index is 14.1. The van der Waals surface area contributed by atoms with E-state index in [4.69, 9.17) is 30.9 Å². The summed E-state index contributed by atoms with van der Waals surface area (Å²) in [5, 5.41) is 26.6. The third kappa shape index (κ3) is 8.23. The minimum absolute atomic E-state index is 0.111. The quantitative estimate of drug-likeness (QED) is 0.0903. The zero-order chi connectivity index (χ0) is 39.5. The van der Waals surface area contributed by atoms with Crippen LogP contribution in [-0.2, 0) is 17.8 Å². The summed E-state index contributed by atoms with van der Waals surface area (Å²) in [7, 11) is 3.21. The summed E-state index contributed by atoms with van der Waals surface area (Å²) < 4.78 is 47.1. The third-order valence-electron chi connectivity index (χ3n) is 10.9.